The van der Waals surface area contributed by atoms with E-state index in [-0.39, 0.29) is 25.6 Å². The number of nitrogens with one attached hydrogen (secondary N) is 1. The van der Waals surface area contributed by atoms with Crippen LogP contribution in [0.5, 0.6) is 5.75 Å². The maximum absolute atomic E-state index is 12.0. The Morgan fingerprint density at radius 1 is 1.32 bits per heavy atom. The zero-order valence-electron chi connectivity index (χ0n) is 12.7. The molecule has 1 aromatic carbocycles. The van der Waals surface area contributed by atoms with Crippen LogP contribution in [-0.2, 0) is 23.8 Å². The Balaban J connectivity index is 2.70. The molecule has 0 heterocycles. The molecule has 0 radical (unpaired) electrons. The van der Waals surface area contributed by atoms with Crippen LogP contribution in [0.3, 0.4) is 0 Å². The Morgan fingerprint density at radius 3 is 2.73 bits per heavy atom. The van der Waals surface area contributed by atoms with Crippen LogP contribution in [0.15, 0.2) is 24.3 Å². The Kier molecular flexibility index (Phi) is 7.95. The van der Waals surface area contributed by atoms with Gasteiger partial charge in [0.25, 0.3) is 0 Å². The number of amides is 1. The summed E-state index contributed by atoms with van der Waals surface area (Å²) in [5.41, 5.74) is 0.434. The Bertz CT molecular complexity index is 491. The summed E-state index contributed by atoms with van der Waals surface area (Å²) in [6.07, 6.45) is 0. The minimum absolute atomic E-state index is 0.00241. The lowest BCUT2D eigenvalue weighted by molar-refractivity contribution is -0.148. The summed E-state index contributed by atoms with van der Waals surface area (Å²) in [5, 5.41) is 12.0. The monoisotopic (exact) mass is 311 g/mol. The number of ether oxygens (including phenoxy) is 3. The van der Waals surface area contributed by atoms with Gasteiger partial charge in [-0.25, -0.2) is 4.79 Å². The summed E-state index contributed by atoms with van der Waals surface area (Å²) in [6.45, 7) is 2.32. The highest BCUT2D eigenvalue weighted by atomic mass is 16.5. The van der Waals surface area contributed by atoms with Gasteiger partial charge in [-0.15, -0.1) is 0 Å². The van der Waals surface area contributed by atoms with Crippen LogP contribution >= 0.6 is 0 Å². The molecular formula is C15H21NO6. The molecule has 2 N–H and O–H groups in total. The van der Waals surface area contributed by atoms with Crippen molar-refractivity contribution in [3.05, 3.63) is 29.8 Å². The molecule has 0 saturated carbocycles. The van der Waals surface area contributed by atoms with Crippen LogP contribution in [0.25, 0.3) is 0 Å². The van der Waals surface area contributed by atoms with Crippen molar-refractivity contribution in [1.82, 2.24) is 5.32 Å². The van der Waals surface area contributed by atoms with Gasteiger partial charge in [0.1, 0.15) is 12.4 Å². The molecule has 0 saturated heterocycles. The quantitative estimate of drug-likeness (QED) is 0.517. The summed E-state index contributed by atoms with van der Waals surface area (Å²) < 4.78 is 14.8. The van der Waals surface area contributed by atoms with Gasteiger partial charge in [0.15, 0.2) is 6.04 Å². The van der Waals surface area contributed by atoms with E-state index in [4.69, 9.17) is 14.2 Å². The second-order valence-corrected chi connectivity index (χ2v) is 4.39. The van der Waals surface area contributed by atoms with Crippen LogP contribution < -0.4 is 5.32 Å². The zero-order valence-corrected chi connectivity index (χ0v) is 12.7. The van der Waals surface area contributed by atoms with Gasteiger partial charge in [0.2, 0.25) is 5.91 Å². The maximum atomic E-state index is 12.0. The number of rotatable bonds is 9. The fraction of sp³-hybridized carbons (Fsp3) is 0.467. The molecule has 1 rings (SSSR count). The first kappa shape index (κ1) is 17.9. The van der Waals surface area contributed by atoms with Gasteiger partial charge < -0.3 is 24.6 Å². The van der Waals surface area contributed by atoms with E-state index in [0.717, 1.165) is 0 Å². The van der Waals surface area contributed by atoms with Crippen LogP contribution in [0.4, 0.5) is 0 Å². The predicted octanol–water partition coefficient (Wildman–Crippen LogP) is 0.776. The van der Waals surface area contributed by atoms with Crippen molar-refractivity contribution in [2.24, 2.45) is 0 Å². The molecule has 1 atom stereocenters. The molecule has 0 aromatic heterocycles. The van der Waals surface area contributed by atoms with Crippen molar-refractivity contribution in [1.29, 1.82) is 0 Å². The van der Waals surface area contributed by atoms with Crippen molar-refractivity contribution < 1.29 is 28.9 Å². The van der Waals surface area contributed by atoms with Gasteiger partial charge in [-0.2, -0.15) is 0 Å². The number of carbonyl (C=O) groups is 2. The highest BCUT2D eigenvalue weighted by Gasteiger charge is 2.24. The highest BCUT2D eigenvalue weighted by molar-refractivity contribution is 5.86. The fourth-order valence-corrected chi connectivity index (χ4v) is 1.72. The van der Waals surface area contributed by atoms with Crippen molar-refractivity contribution in [3.63, 3.8) is 0 Å². The Hall–Kier alpha value is -2.12. The average molecular weight is 311 g/mol. The van der Waals surface area contributed by atoms with Gasteiger partial charge in [-0.3, -0.25) is 4.79 Å². The third-order valence-corrected chi connectivity index (χ3v) is 2.70. The highest BCUT2D eigenvalue weighted by Crippen LogP contribution is 2.19. The SMILES string of the molecule is CCOC(=O)C(NC(=O)COCCOC)c1cccc(O)c1. The Morgan fingerprint density at radius 2 is 2.09 bits per heavy atom. The third kappa shape index (κ3) is 6.11. The number of phenolic OH excluding ortho intramolecular Hbond substituents is 1. The summed E-state index contributed by atoms with van der Waals surface area (Å²) >= 11 is 0. The van der Waals surface area contributed by atoms with Crippen LogP contribution in [0, 0.1) is 0 Å². The van der Waals surface area contributed by atoms with Crippen LogP contribution in [0.2, 0.25) is 0 Å². The third-order valence-electron chi connectivity index (χ3n) is 2.70. The molecule has 0 spiro atoms. The minimum atomic E-state index is -0.995. The van der Waals surface area contributed by atoms with Crippen molar-refractivity contribution in [2.45, 2.75) is 13.0 Å². The topological polar surface area (TPSA) is 94.1 Å². The number of esters is 1. The number of phenols is 1. The molecule has 1 aromatic rings. The number of hydrogen-bond donors (Lipinski definition) is 2. The largest absolute Gasteiger partial charge is 0.508 e. The van der Waals surface area contributed by atoms with Gasteiger partial charge in [0, 0.05) is 7.11 Å². The molecule has 0 fully saturated rings. The molecule has 122 valence electrons. The molecular weight excluding hydrogens is 290 g/mol. The summed E-state index contributed by atoms with van der Waals surface area (Å²) in [5.74, 6) is -1.06. The predicted molar refractivity (Wildman–Crippen MR) is 78.3 cm³/mol. The molecule has 1 amide bonds. The lowest BCUT2D eigenvalue weighted by atomic mass is 10.1. The van der Waals surface area contributed by atoms with E-state index in [1.54, 1.807) is 19.1 Å². The van der Waals surface area contributed by atoms with Crippen molar-refractivity contribution in [2.75, 3.05) is 33.5 Å². The molecule has 22 heavy (non-hydrogen) atoms. The van der Waals surface area contributed by atoms with E-state index in [1.807, 2.05) is 0 Å². The lowest BCUT2D eigenvalue weighted by Gasteiger charge is -2.18. The summed E-state index contributed by atoms with van der Waals surface area (Å²) in [4.78, 5) is 23.8. The van der Waals surface area contributed by atoms with Crippen LogP contribution in [0.1, 0.15) is 18.5 Å². The number of benzene rings is 1. The zero-order chi connectivity index (χ0) is 16.4. The molecule has 0 aliphatic carbocycles. The first-order valence-electron chi connectivity index (χ1n) is 6.90. The molecule has 1 unspecified atom stereocenters. The average Bonchev–Trinajstić information content (AvgIpc) is 2.49. The second kappa shape index (κ2) is 9.75. The van der Waals surface area contributed by atoms with E-state index in [9.17, 15) is 14.7 Å². The van der Waals surface area contributed by atoms with E-state index in [0.29, 0.717) is 12.2 Å². The van der Waals surface area contributed by atoms with Crippen molar-refractivity contribution in [3.8, 4) is 5.75 Å². The standard InChI is InChI=1S/C15H21NO6/c1-3-22-15(19)14(11-5-4-6-12(17)9-11)16-13(18)10-21-8-7-20-2/h4-6,9,14,17H,3,7-8,10H2,1-2H3,(H,16,18). The minimum Gasteiger partial charge on any atom is -0.508 e. The molecule has 0 aliphatic heterocycles. The summed E-state index contributed by atoms with van der Waals surface area (Å²) in [7, 11) is 1.53. The number of aromatic hydroxyl groups is 1. The number of carbonyl (C=O) groups excluding carboxylic acids is 2. The molecule has 0 bridgehead atoms. The molecule has 0 aliphatic rings. The van der Waals surface area contributed by atoms with E-state index >= 15 is 0 Å². The lowest BCUT2D eigenvalue weighted by Crippen LogP contribution is -2.37. The first-order valence-corrected chi connectivity index (χ1v) is 6.90. The Labute approximate surface area is 129 Å². The molecule has 7 heteroatoms. The van der Waals surface area contributed by atoms with E-state index in [1.165, 1.54) is 19.2 Å². The van der Waals surface area contributed by atoms with Gasteiger partial charge in [-0.05, 0) is 24.6 Å². The van der Waals surface area contributed by atoms with Crippen molar-refractivity contribution >= 4 is 11.9 Å². The van der Waals surface area contributed by atoms with E-state index in [2.05, 4.69) is 5.32 Å². The van der Waals surface area contributed by atoms with Gasteiger partial charge in [-0.1, -0.05) is 12.1 Å². The van der Waals surface area contributed by atoms with Crippen LogP contribution in [-0.4, -0.2) is 50.5 Å². The first-order chi connectivity index (χ1) is 10.6. The molecule has 7 nitrogen and oxygen atoms in total. The second-order valence-electron chi connectivity index (χ2n) is 4.39. The smallest absolute Gasteiger partial charge is 0.333 e. The fourth-order valence-electron chi connectivity index (χ4n) is 1.72. The van der Waals surface area contributed by atoms with E-state index < -0.39 is 17.9 Å². The number of methoxy groups -OCH3 is 1. The summed E-state index contributed by atoms with van der Waals surface area (Å²) in [6, 6.07) is 5.08. The number of hydrogen-bond acceptors (Lipinski definition) is 6. The van der Waals surface area contributed by atoms with Gasteiger partial charge >= 0.3 is 5.97 Å². The maximum Gasteiger partial charge on any atom is 0.333 e. The van der Waals surface area contributed by atoms with Gasteiger partial charge in [0.05, 0.1) is 19.8 Å². The normalized spacial score (nSPS) is 11.7.